The summed E-state index contributed by atoms with van der Waals surface area (Å²) in [6.07, 6.45) is 2.10. The van der Waals surface area contributed by atoms with Crippen LogP contribution in [0.2, 0.25) is 0 Å². The Kier molecular flexibility index (Phi) is 7.28. The van der Waals surface area contributed by atoms with Gasteiger partial charge in [-0.15, -0.1) is 0 Å². The summed E-state index contributed by atoms with van der Waals surface area (Å²) in [5, 5.41) is 3.29. The number of carbonyl (C=O) groups is 1. The number of piperidine rings is 1. The first-order valence-corrected chi connectivity index (χ1v) is 7.53. The summed E-state index contributed by atoms with van der Waals surface area (Å²) in [4.78, 5) is 16.7. The Morgan fingerprint density at radius 2 is 1.67 bits per heavy atom. The highest BCUT2D eigenvalue weighted by Crippen LogP contribution is 2.19. The third kappa shape index (κ3) is 4.25. The highest BCUT2D eigenvalue weighted by atomic mass is 16.2. The maximum Gasteiger partial charge on any atom is 0.225 e. The van der Waals surface area contributed by atoms with Gasteiger partial charge >= 0.3 is 0 Å². The lowest BCUT2D eigenvalue weighted by atomic mass is 9.95. The molecule has 2 fully saturated rings. The van der Waals surface area contributed by atoms with Gasteiger partial charge in [0.2, 0.25) is 5.91 Å². The summed E-state index contributed by atoms with van der Waals surface area (Å²) in [6, 6.07) is 0. The number of piperazine rings is 1. The molecule has 2 rings (SSSR count). The third-order valence-corrected chi connectivity index (χ3v) is 3.81. The Labute approximate surface area is 112 Å². The molecule has 0 unspecified atom stereocenters. The maximum absolute atomic E-state index is 12.2. The molecule has 2 saturated heterocycles. The van der Waals surface area contributed by atoms with E-state index in [1.807, 2.05) is 18.7 Å². The van der Waals surface area contributed by atoms with Gasteiger partial charge in [-0.05, 0) is 32.5 Å². The Balaban J connectivity index is 0.000000771. The van der Waals surface area contributed by atoms with E-state index in [4.69, 9.17) is 0 Å². The Morgan fingerprint density at radius 3 is 2.17 bits per heavy atom. The monoisotopic (exact) mass is 255 g/mol. The molecule has 18 heavy (non-hydrogen) atoms. The predicted octanol–water partition coefficient (Wildman–Crippen LogP) is 1.18. The Morgan fingerprint density at radius 1 is 1.11 bits per heavy atom. The van der Waals surface area contributed by atoms with Gasteiger partial charge in [0.05, 0.1) is 0 Å². The van der Waals surface area contributed by atoms with Gasteiger partial charge in [-0.2, -0.15) is 0 Å². The van der Waals surface area contributed by atoms with Crippen LogP contribution >= 0.6 is 0 Å². The second-order valence-electron chi connectivity index (χ2n) is 4.78. The summed E-state index contributed by atoms with van der Waals surface area (Å²) in [5.41, 5.74) is 0. The van der Waals surface area contributed by atoms with Gasteiger partial charge in [0.25, 0.3) is 0 Å². The van der Waals surface area contributed by atoms with Crippen molar-refractivity contribution in [2.24, 2.45) is 5.92 Å². The zero-order chi connectivity index (χ0) is 13.4. The van der Waals surface area contributed by atoms with Crippen LogP contribution in [0.15, 0.2) is 0 Å². The number of nitrogens with zero attached hydrogens (tertiary/aromatic N) is 2. The van der Waals surface area contributed by atoms with Crippen LogP contribution in [-0.2, 0) is 4.79 Å². The predicted molar refractivity (Wildman–Crippen MR) is 75.6 cm³/mol. The molecule has 2 heterocycles. The summed E-state index contributed by atoms with van der Waals surface area (Å²) < 4.78 is 0. The lowest BCUT2D eigenvalue weighted by molar-refractivity contribution is -0.137. The zero-order valence-electron chi connectivity index (χ0n) is 12.2. The minimum atomic E-state index is 0.292. The van der Waals surface area contributed by atoms with Crippen LogP contribution in [0.25, 0.3) is 0 Å². The molecule has 0 saturated carbocycles. The Bertz CT molecular complexity index is 231. The van der Waals surface area contributed by atoms with Crippen molar-refractivity contribution in [3.8, 4) is 0 Å². The van der Waals surface area contributed by atoms with Gasteiger partial charge in [-0.1, -0.05) is 20.8 Å². The van der Waals surface area contributed by atoms with Crippen molar-refractivity contribution >= 4 is 5.91 Å². The van der Waals surface area contributed by atoms with E-state index < -0.39 is 0 Å². The zero-order valence-corrected chi connectivity index (χ0v) is 12.2. The van der Waals surface area contributed by atoms with Crippen molar-refractivity contribution in [1.82, 2.24) is 15.1 Å². The molecule has 0 aromatic carbocycles. The number of carbonyl (C=O) groups excluding carboxylic acids is 1. The molecule has 0 bridgehead atoms. The molecule has 4 heteroatoms. The second kappa shape index (κ2) is 8.48. The first-order chi connectivity index (χ1) is 8.81. The number of likely N-dealkylation sites (tertiary alicyclic amines) is 1. The normalized spacial score (nSPS) is 22.3. The molecule has 0 aromatic rings. The van der Waals surface area contributed by atoms with E-state index >= 15 is 0 Å². The van der Waals surface area contributed by atoms with Crippen molar-refractivity contribution in [2.45, 2.75) is 33.6 Å². The lowest BCUT2D eigenvalue weighted by Crippen LogP contribution is -2.50. The average Bonchev–Trinajstić information content (AvgIpc) is 2.49. The lowest BCUT2D eigenvalue weighted by Gasteiger charge is -2.35. The largest absolute Gasteiger partial charge is 0.340 e. The summed E-state index contributed by atoms with van der Waals surface area (Å²) >= 11 is 0. The van der Waals surface area contributed by atoms with Crippen molar-refractivity contribution in [3.05, 3.63) is 0 Å². The van der Waals surface area contributed by atoms with Gasteiger partial charge in [-0.25, -0.2) is 0 Å². The minimum absolute atomic E-state index is 0.292. The Hall–Kier alpha value is -0.610. The fourth-order valence-corrected chi connectivity index (χ4v) is 2.64. The maximum atomic E-state index is 12.2. The molecular weight excluding hydrogens is 226 g/mol. The number of rotatable bonds is 2. The van der Waals surface area contributed by atoms with Crippen LogP contribution in [0.4, 0.5) is 0 Å². The molecule has 4 nitrogen and oxygen atoms in total. The van der Waals surface area contributed by atoms with Crippen molar-refractivity contribution in [2.75, 3.05) is 45.8 Å². The second-order valence-corrected chi connectivity index (χ2v) is 4.78. The molecule has 1 amide bonds. The van der Waals surface area contributed by atoms with E-state index in [1.165, 1.54) is 0 Å². The van der Waals surface area contributed by atoms with Crippen LogP contribution < -0.4 is 5.32 Å². The van der Waals surface area contributed by atoms with Gasteiger partial charge in [0.15, 0.2) is 0 Å². The molecule has 106 valence electrons. The van der Waals surface area contributed by atoms with E-state index in [9.17, 15) is 4.79 Å². The van der Waals surface area contributed by atoms with Gasteiger partial charge in [-0.3, -0.25) is 4.79 Å². The number of hydrogen-bond donors (Lipinski definition) is 1. The highest BCUT2D eigenvalue weighted by molar-refractivity contribution is 5.79. The van der Waals surface area contributed by atoms with Crippen LogP contribution in [0.3, 0.4) is 0 Å². The number of hydrogen-bond acceptors (Lipinski definition) is 3. The molecule has 0 spiro atoms. The quantitative estimate of drug-likeness (QED) is 0.805. The van der Waals surface area contributed by atoms with Crippen molar-refractivity contribution in [1.29, 1.82) is 0 Å². The van der Waals surface area contributed by atoms with E-state index in [-0.39, 0.29) is 0 Å². The van der Waals surface area contributed by atoms with Crippen LogP contribution in [0.1, 0.15) is 33.6 Å². The fourth-order valence-electron chi connectivity index (χ4n) is 2.64. The topological polar surface area (TPSA) is 35.6 Å². The van der Waals surface area contributed by atoms with Crippen LogP contribution in [0, 0.1) is 5.92 Å². The third-order valence-electron chi connectivity index (χ3n) is 3.81. The molecule has 0 radical (unpaired) electrons. The van der Waals surface area contributed by atoms with Gasteiger partial charge in [0, 0.05) is 32.1 Å². The standard InChI is InChI=1S/C12H23N3O.C2H6/c1-2-14-7-3-11(4-8-14)12(16)15-9-5-13-6-10-15;1-2/h11,13H,2-10H2,1H3;1-2H3. The van der Waals surface area contributed by atoms with Gasteiger partial charge < -0.3 is 15.1 Å². The van der Waals surface area contributed by atoms with Crippen molar-refractivity contribution in [3.63, 3.8) is 0 Å². The minimum Gasteiger partial charge on any atom is -0.340 e. The van der Waals surface area contributed by atoms with Gasteiger partial charge in [0.1, 0.15) is 0 Å². The van der Waals surface area contributed by atoms with E-state index in [0.29, 0.717) is 11.8 Å². The van der Waals surface area contributed by atoms with E-state index in [2.05, 4.69) is 17.1 Å². The molecule has 2 aliphatic heterocycles. The molecule has 0 aliphatic carbocycles. The van der Waals surface area contributed by atoms with Crippen LogP contribution in [0.5, 0.6) is 0 Å². The fraction of sp³-hybridized carbons (Fsp3) is 0.929. The molecule has 0 aromatic heterocycles. The highest BCUT2D eigenvalue weighted by Gasteiger charge is 2.28. The molecular formula is C14H29N3O. The summed E-state index contributed by atoms with van der Waals surface area (Å²) in [7, 11) is 0. The SMILES string of the molecule is CC.CCN1CCC(C(=O)N2CCNCC2)CC1. The number of amides is 1. The number of nitrogens with one attached hydrogen (secondary N) is 1. The van der Waals surface area contributed by atoms with Crippen LogP contribution in [-0.4, -0.2) is 61.5 Å². The van der Waals surface area contributed by atoms with E-state index in [0.717, 1.165) is 58.7 Å². The van der Waals surface area contributed by atoms with Crippen molar-refractivity contribution < 1.29 is 4.79 Å². The summed E-state index contributed by atoms with van der Waals surface area (Å²) in [6.45, 7) is 13.2. The first kappa shape index (κ1) is 15.4. The summed E-state index contributed by atoms with van der Waals surface area (Å²) in [5.74, 6) is 0.693. The van der Waals surface area contributed by atoms with E-state index in [1.54, 1.807) is 0 Å². The molecule has 1 N–H and O–H groups in total. The first-order valence-electron chi connectivity index (χ1n) is 7.53. The smallest absolute Gasteiger partial charge is 0.225 e. The average molecular weight is 255 g/mol. The molecule has 0 atom stereocenters. The molecule has 2 aliphatic rings.